The van der Waals surface area contributed by atoms with Crippen molar-refractivity contribution in [3.63, 3.8) is 0 Å². The summed E-state index contributed by atoms with van der Waals surface area (Å²) in [7, 11) is -3.59. The number of anilines is 1. The quantitative estimate of drug-likeness (QED) is 0.632. The van der Waals surface area contributed by atoms with Gasteiger partial charge in [0.2, 0.25) is 5.91 Å². The Morgan fingerprint density at radius 2 is 1.63 bits per heavy atom. The Hall–Kier alpha value is -2.71. The molecule has 1 heterocycles. The molecule has 3 rings (SSSR count). The minimum Gasteiger partial charge on any atom is -0.352 e. The van der Waals surface area contributed by atoms with Gasteiger partial charge in [0.05, 0.1) is 6.42 Å². The SMILES string of the molecule is O=C(Cc1ccc(NS(=O)(=O)c2cccs2)cc1)NCc1ccc(F)cc1. The Bertz CT molecular complexity index is 1000. The maximum Gasteiger partial charge on any atom is 0.271 e. The van der Waals surface area contributed by atoms with Crippen LogP contribution in [0.1, 0.15) is 11.1 Å². The smallest absolute Gasteiger partial charge is 0.271 e. The Labute approximate surface area is 160 Å². The Morgan fingerprint density at radius 3 is 2.26 bits per heavy atom. The van der Waals surface area contributed by atoms with Crippen molar-refractivity contribution in [3.05, 3.63) is 83.0 Å². The Kier molecular flexibility index (Phi) is 5.88. The van der Waals surface area contributed by atoms with Crippen molar-refractivity contribution in [2.75, 3.05) is 4.72 Å². The minimum atomic E-state index is -3.59. The van der Waals surface area contributed by atoms with Crippen molar-refractivity contribution in [2.45, 2.75) is 17.2 Å². The van der Waals surface area contributed by atoms with E-state index in [2.05, 4.69) is 10.0 Å². The molecule has 1 amide bonds. The lowest BCUT2D eigenvalue weighted by Crippen LogP contribution is -2.24. The fraction of sp³-hybridized carbons (Fsp3) is 0.105. The van der Waals surface area contributed by atoms with Gasteiger partial charge in [0, 0.05) is 12.2 Å². The highest BCUT2D eigenvalue weighted by atomic mass is 32.2. The van der Waals surface area contributed by atoms with E-state index in [1.54, 1.807) is 47.8 Å². The van der Waals surface area contributed by atoms with Crippen molar-refractivity contribution < 1.29 is 17.6 Å². The maximum absolute atomic E-state index is 12.9. The van der Waals surface area contributed by atoms with E-state index in [9.17, 15) is 17.6 Å². The monoisotopic (exact) mass is 404 g/mol. The summed E-state index contributed by atoms with van der Waals surface area (Å²) in [4.78, 5) is 12.0. The zero-order chi connectivity index (χ0) is 19.3. The van der Waals surface area contributed by atoms with Crippen molar-refractivity contribution >= 4 is 33.0 Å². The summed E-state index contributed by atoms with van der Waals surface area (Å²) >= 11 is 1.14. The normalized spacial score (nSPS) is 11.1. The molecule has 1 aromatic heterocycles. The standard InChI is InChI=1S/C19H17FN2O3S2/c20-16-7-3-15(4-8-16)13-21-18(23)12-14-5-9-17(10-6-14)22-27(24,25)19-2-1-11-26-19/h1-11,22H,12-13H2,(H,21,23). The van der Waals surface area contributed by atoms with Crippen LogP contribution in [0, 0.1) is 5.82 Å². The molecular weight excluding hydrogens is 387 g/mol. The summed E-state index contributed by atoms with van der Waals surface area (Å²) in [6.45, 7) is 0.317. The molecule has 0 radical (unpaired) electrons. The van der Waals surface area contributed by atoms with Gasteiger partial charge in [0.25, 0.3) is 10.0 Å². The van der Waals surface area contributed by atoms with Crippen LogP contribution in [0.3, 0.4) is 0 Å². The number of sulfonamides is 1. The molecule has 0 saturated carbocycles. The maximum atomic E-state index is 12.9. The summed E-state index contributed by atoms with van der Waals surface area (Å²) in [5, 5.41) is 4.46. The highest BCUT2D eigenvalue weighted by molar-refractivity contribution is 7.94. The molecule has 0 fully saturated rings. The predicted octanol–water partition coefficient (Wildman–Crippen LogP) is 3.55. The molecule has 0 aliphatic carbocycles. The van der Waals surface area contributed by atoms with Gasteiger partial charge in [0.15, 0.2) is 0 Å². The van der Waals surface area contributed by atoms with E-state index in [0.717, 1.165) is 22.5 Å². The number of carbonyl (C=O) groups excluding carboxylic acids is 1. The molecule has 0 aliphatic rings. The van der Waals surface area contributed by atoms with Gasteiger partial charge in [-0.15, -0.1) is 11.3 Å². The van der Waals surface area contributed by atoms with E-state index >= 15 is 0 Å². The molecular formula is C19H17FN2O3S2. The summed E-state index contributed by atoms with van der Waals surface area (Å²) in [6.07, 6.45) is 0.166. The van der Waals surface area contributed by atoms with Crippen molar-refractivity contribution in [3.8, 4) is 0 Å². The van der Waals surface area contributed by atoms with E-state index in [-0.39, 0.29) is 22.4 Å². The fourth-order valence-corrected chi connectivity index (χ4v) is 4.41. The highest BCUT2D eigenvalue weighted by Crippen LogP contribution is 2.20. The largest absolute Gasteiger partial charge is 0.352 e. The van der Waals surface area contributed by atoms with Crippen LogP contribution in [0.5, 0.6) is 0 Å². The lowest BCUT2D eigenvalue weighted by Gasteiger charge is -2.08. The third-order valence-electron chi connectivity index (χ3n) is 3.73. The molecule has 2 aromatic carbocycles. The Morgan fingerprint density at radius 1 is 0.963 bits per heavy atom. The van der Waals surface area contributed by atoms with E-state index in [1.165, 1.54) is 18.2 Å². The van der Waals surface area contributed by atoms with Gasteiger partial charge in [-0.2, -0.15) is 0 Å². The number of hydrogen-bond acceptors (Lipinski definition) is 4. The average molecular weight is 404 g/mol. The van der Waals surface area contributed by atoms with Gasteiger partial charge in [-0.1, -0.05) is 30.3 Å². The van der Waals surface area contributed by atoms with Crippen LogP contribution < -0.4 is 10.0 Å². The van der Waals surface area contributed by atoms with Gasteiger partial charge < -0.3 is 5.32 Å². The van der Waals surface area contributed by atoms with Crippen LogP contribution in [0.15, 0.2) is 70.3 Å². The van der Waals surface area contributed by atoms with Crippen LogP contribution >= 0.6 is 11.3 Å². The van der Waals surface area contributed by atoms with Gasteiger partial charge in [-0.25, -0.2) is 12.8 Å². The van der Waals surface area contributed by atoms with Gasteiger partial charge >= 0.3 is 0 Å². The minimum absolute atomic E-state index is 0.166. The number of thiophene rings is 1. The zero-order valence-electron chi connectivity index (χ0n) is 14.2. The van der Waals surface area contributed by atoms with Crippen molar-refractivity contribution in [2.24, 2.45) is 0 Å². The van der Waals surface area contributed by atoms with E-state index in [0.29, 0.717) is 12.2 Å². The van der Waals surface area contributed by atoms with Crippen LogP contribution in [-0.2, 0) is 27.8 Å². The lowest BCUT2D eigenvalue weighted by molar-refractivity contribution is -0.120. The van der Waals surface area contributed by atoms with Crippen LogP contribution in [0.4, 0.5) is 10.1 Å². The number of hydrogen-bond donors (Lipinski definition) is 2. The topological polar surface area (TPSA) is 75.3 Å². The molecule has 0 bridgehead atoms. The van der Waals surface area contributed by atoms with Crippen molar-refractivity contribution in [1.82, 2.24) is 5.32 Å². The molecule has 8 heteroatoms. The molecule has 0 atom stereocenters. The van der Waals surface area contributed by atoms with Crippen LogP contribution in [0.2, 0.25) is 0 Å². The number of amides is 1. The molecule has 0 spiro atoms. The number of rotatable bonds is 7. The number of carbonyl (C=O) groups is 1. The average Bonchev–Trinajstić information content (AvgIpc) is 3.18. The number of nitrogens with one attached hydrogen (secondary N) is 2. The predicted molar refractivity (Wildman–Crippen MR) is 104 cm³/mol. The fourth-order valence-electron chi connectivity index (χ4n) is 2.36. The summed E-state index contributed by atoms with van der Waals surface area (Å²) in [5.74, 6) is -0.494. The molecule has 0 unspecified atom stereocenters. The third-order valence-corrected chi connectivity index (χ3v) is 6.51. The second-order valence-corrected chi connectivity index (χ2v) is 8.67. The molecule has 5 nitrogen and oxygen atoms in total. The molecule has 2 N–H and O–H groups in total. The molecule has 3 aromatic rings. The van der Waals surface area contributed by atoms with Crippen molar-refractivity contribution in [1.29, 1.82) is 0 Å². The molecule has 0 aliphatic heterocycles. The first-order valence-corrected chi connectivity index (χ1v) is 10.4. The third kappa shape index (κ3) is 5.38. The van der Waals surface area contributed by atoms with E-state index < -0.39 is 10.0 Å². The molecule has 140 valence electrons. The first kappa shape index (κ1) is 19.1. The second-order valence-electron chi connectivity index (χ2n) is 5.81. The number of benzene rings is 2. The summed E-state index contributed by atoms with van der Waals surface area (Å²) in [5.41, 5.74) is 1.99. The number of halogens is 1. The Balaban J connectivity index is 1.54. The van der Waals surface area contributed by atoms with E-state index in [1.807, 2.05) is 0 Å². The summed E-state index contributed by atoms with van der Waals surface area (Å²) in [6, 6.07) is 15.8. The van der Waals surface area contributed by atoms with E-state index in [4.69, 9.17) is 0 Å². The second kappa shape index (κ2) is 8.32. The van der Waals surface area contributed by atoms with Gasteiger partial charge in [0.1, 0.15) is 10.0 Å². The van der Waals surface area contributed by atoms with Crippen LogP contribution in [0.25, 0.3) is 0 Å². The lowest BCUT2D eigenvalue weighted by atomic mass is 10.1. The molecule has 27 heavy (non-hydrogen) atoms. The first-order valence-electron chi connectivity index (χ1n) is 8.09. The first-order chi connectivity index (χ1) is 12.9. The molecule has 0 saturated heterocycles. The summed E-state index contributed by atoms with van der Waals surface area (Å²) < 4.78 is 40.0. The van der Waals surface area contributed by atoms with Gasteiger partial charge in [-0.3, -0.25) is 9.52 Å². The zero-order valence-corrected chi connectivity index (χ0v) is 15.8. The van der Waals surface area contributed by atoms with Gasteiger partial charge in [-0.05, 0) is 46.8 Å². The highest BCUT2D eigenvalue weighted by Gasteiger charge is 2.15. The van der Waals surface area contributed by atoms with Crippen LogP contribution in [-0.4, -0.2) is 14.3 Å².